The lowest BCUT2D eigenvalue weighted by Gasteiger charge is -2.26. The molecule has 2 aromatic rings. The van der Waals surface area contributed by atoms with Crippen LogP contribution in [0.1, 0.15) is 75.9 Å². The van der Waals surface area contributed by atoms with E-state index in [0.29, 0.717) is 11.1 Å². The molecule has 42 heavy (non-hydrogen) atoms. The first-order valence-corrected chi connectivity index (χ1v) is 13.9. The lowest BCUT2D eigenvalue weighted by molar-refractivity contribution is -0.112. The highest BCUT2D eigenvalue weighted by Gasteiger charge is 2.30. The van der Waals surface area contributed by atoms with Crippen LogP contribution >= 0.6 is 0 Å². The van der Waals surface area contributed by atoms with E-state index in [2.05, 4.69) is 10.6 Å². The third-order valence-corrected chi connectivity index (χ3v) is 6.76. The molecule has 8 N–H and O–H groups in total. The van der Waals surface area contributed by atoms with Gasteiger partial charge in [-0.25, -0.2) is 0 Å². The van der Waals surface area contributed by atoms with Gasteiger partial charge in [-0.1, -0.05) is 0 Å². The van der Waals surface area contributed by atoms with Gasteiger partial charge in [0.15, 0.2) is 5.78 Å². The van der Waals surface area contributed by atoms with Crippen LogP contribution in [-0.2, 0) is 18.0 Å². The highest BCUT2D eigenvalue weighted by atomic mass is 16.4. The number of aliphatic hydroxyl groups excluding tert-OH is 5. The van der Waals surface area contributed by atoms with Crippen molar-refractivity contribution in [2.75, 3.05) is 19.7 Å². The Morgan fingerprint density at radius 1 is 0.857 bits per heavy atom. The number of ketones is 1. The molecule has 2 unspecified atom stereocenters. The second-order valence-corrected chi connectivity index (χ2v) is 12.5. The first kappa shape index (κ1) is 33.4. The summed E-state index contributed by atoms with van der Waals surface area (Å²) in [4.78, 5) is 13.7. The third kappa shape index (κ3) is 8.26. The normalized spacial score (nSPS) is 17.2. The van der Waals surface area contributed by atoms with Gasteiger partial charge >= 0.3 is 0 Å². The summed E-state index contributed by atoms with van der Waals surface area (Å²) in [6.07, 6.45) is 0.848. The summed E-state index contributed by atoms with van der Waals surface area (Å²) >= 11 is 0. The number of Topliss-reactive ketones (excluding diaryl/α,β-unsaturated/α-hetero) is 1. The van der Waals surface area contributed by atoms with Crippen LogP contribution in [0, 0.1) is 0 Å². The number of carbonyl (C=O) groups is 1. The number of rotatable bonds is 11. The van der Waals surface area contributed by atoms with Gasteiger partial charge in [0.2, 0.25) is 0 Å². The molecule has 0 saturated carbocycles. The number of aromatic hydroxyl groups is 1. The minimum absolute atomic E-state index is 0.0174. The molecule has 1 aromatic carbocycles. The van der Waals surface area contributed by atoms with Crippen LogP contribution in [0.2, 0.25) is 0 Å². The lowest BCUT2D eigenvalue weighted by Crippen LogP contribution is -2.41. The number of hydrogen-bond donors (Lipinski definition) is 8. The van der Waals surface area contributed by atoms with Gasteiger partial charge in [0.1, 0.15) is 23.9 Å². The second kappa shape index (κ2) is 13.5. The molecule has 0 aliphatic heterocycles. The van der Waals surface area contributed by atoms with Gasteiger partial charge in [-0.3, -0.25) is 4.79 Å². The molecule has 230 valence electrons. The van der Waals surface area contributed by atoms with Crippen LogP contribution in [0.4, 0.5) is 0 Å². The molecule has 1 heterocycles. The van der Waals surface area contributed by atoms with Gasteiger partial charge in [0.25, 0.3) is 0 Å². The summed E-state index contributed by atoms with van der Waals surface area (Å²) in [6, 6.07) is 6.06. The number of carbonyl (C=O) groups excluding carboxylic acids is 1. The maximum Gasteiger partial charge on any atom is 0.192 e. The summed E-state index contributed by atoms with van der Waals surface area (Å²) in [5.74, 6) is -0.563. The minimum Gasteiger partial charge on any atom is -0.507 e. The predicted octanol–water partition coefficient (Wildman–Crippen LogP) is 2.37. The third-order valence-electron chi connectivity index (χ3n) is 6.76. The Bertz CT molecular complexity index is 1370. The molecular formula is C32H44N2O8. The fraction of sp³-hybridized carbons (Fsp3) is 0.469. The van der Waals surface area contributed by atoms with E-state index < -0.39 is 37.8 Å². The van der Waals surface area contributed by atoms with E-state index in [9.17, 15) is 35.4 Å². The van der Waals surface area contributed by atoms with Crippen LogP contribution in [-0.4, -0.2) is 73.3 Å². The minimum atomic E-state index is -1.04. The Balaban J connectivity index is 2.30. The molecule has 0 fully saturated rings. The van der Waals surface area contributed by atoms with Crippen molar-refractivity contribution in [2.24, 2.45) is 0 Å². The highest BCUT2D eigenvalue weighted by molar-refractivity contribution is 6.18. The van der Waals surface area contributed by atoms with Crippen molar-refractivity contribution >= 4 is 11.4 Å². The van der Waals surface area contributed by atoms with Gasteiger partial charge in [-0.05, 0) is 89.1 Å². The summed E-state index contributed by atoms with van der Waals surface area (Å²) in [5, 5.41) is 69.6. The smallest absolute Gasteiger partial charge is 0.192 e. The van der Waals surface area contributed by atoms with Gasteiger partial charge in [-0.2, -0.15) is 0 Å². The molecular weight excluding hydrogens is 540 g/mol. The Labute approximate surface area is 246 Å². The van der Waals surface area contributed by atoms with Crippen LogP contribution in [0.5, 0.6) is 5.75 Å². The summed E-state index contributed by atoms with van der Waals surface area (Å²) in [5.41, 5.74) is 0.504. The van der Waals surface area contributed by atoms with E-state index in [-0.39, 0.29) is 69.3 Å². The SMILES string of the molecule is CC(C)(C)NCC(O)C1=CC(=C(c2ccc(CO)o2)c2cc(C(O)CNC(C)(C)C)cc(CO)c2O)C(=O)C(CO)=C1. The topological polar surface area (TPSA) is 176 Å². The zero-order chi connectivity index (χ0) is 31.4. The van der Waals surface area contributed by atoms with Gasteiger partial charge < -0.3 is 45.7 Å². The number of benzene rings is 1. The van der Waals surface area contributed by atoms with Crippen LogP contribution in [0.3, 0.4) is 0 Å². The van der Waals surface area contributed by atoms with Crippen LogP contribution < -0.4 is 10.6 Å². The number of nitrogens with one attached hydrogen (secondary N) is 2. The largest absolute Gasteiger partial charge is 0.507 e. The van der Waals surface area contributed by atoms with Crippen LogP contribution in [0.25, 0.3) is 5.57 Å². The van der Waals surface area contributed by atoms with E-state index in [1.165, 1.54) is 36.4 Å². The zero-order valence-electron chi connectivity index (χ0n) is 25.2. The Kier molecular flexibility index (Phi) is 10.7. The molecule has 3 rings (SSSR count). The van der Waals surface area contributed by atoms with E-state index in [1.54, 1.807) is 0 Å². The second-order valence-electron chi connectivity index (χ2n) is 12.5. The van der Waals surface area contributed by atoms with Crippen molar-refractivity contribution in [3.63, 3.8) is 0 Å². The molecule has 1 aliphatic carbocycles. The Hall–Kier alpha value is -3.09. The fourth-order valence-corrected chi connectivity index (χ4v) is 4.48. The van der Waals surface area contributed by atoms with Gasteiger partial charge in [0.05, 0.1) is 25.4 Å². The maximum absolute atomic E-state index is 13.7. The van der Waals surface area contributed by atoms with Gasteiger partial charge in [-0.15, -0.1) is 0 Å². The highest BCUT2D eigenvalue weighted by Crippen LogP contribution is 2.40. The van der Waals surface area contributed by atoms with Crippen molar-refractivity contribution in [3.05, 3.63) is 81.3 Å². The number of β-amino-alcohol motifs (C(OH)–C–C–N with tert-alkyl or cyclic N) is 2. The van der Waals surface area contributed by atoms with Crippen molar-refractivity contribution in [3.8, 4) is 5.75 Å². The van der Waals surface area contributed by atoms with Crippen LogP contribution in [0.15, 0.2) is 57.6 Å². The van der Waals surface area contributed by atoms with Crippen molar-refractivity contribution < 1.29 is 39.9 Å². The summed E-state index contributed by atoms with van der Waals surface area (Å²) in [6.45, 7) is 10.5. The number of aliphatic hydroxyl groups is 5. The standard InChI is InChI=1S/C32H44N2O8/c1-31(2,3)33-13-25(38)18-9-20(15-35)29(40)23(11-18)28(27-8-7-22(17-37)42-27)24-12-19(10-21(16-36)30(24)41)26(39)14-34-32(4,5)6/h7-12,25-26,33-40H,13-17H2,1-6H3. The van der Waals surface area contributed by atoms with E-state index in [4.69, 9.17) is 4.42 Å². The first-order chi connectivity index (χ1) is 19.6. The van der Waals surface area contributed by atoms with Gasteiger partial charge in [0, 0.05) is 52.0 Å². The molecule has 2 atom stereocenters. The van der Waals surface area contributed by atoms with E-state index in [1.807, 2.05) is 41.5 Å². The summed E-state index contributed by atoms with van der Waals surface area (Å²) < 4.78 is 5.83. The first-order valence-electron chi connectivity index (χ1n) is 13.9. The average Bonchev–Trinajstić information content (AvgIpc) is 3.40. The van der Waals surface area contributed by atoms with Crippen molar-refractivity contribution in [1.29, 1.82) is 0 Å². The van der Waals surface area contributed by atoms with E-state index in [0.717, 1.165) is 0 Å². The quantitative estimate of drug-likeness (QED) is 0.183. The zero-order valence-corrected chi connectivity index (χ0v) is 25.2. The van der Waals surface area contributed by atoms with E-state index >= 15 is 0 Å². The number of hydrogen-bond acceptors (Lipinski definition) is 10. The Morgan fingerprint density at radius 2 is 1.48 bits per heavy atom. The molecule has 10 heteroatoms. The molecule has 0 bridgehead atoms. The fourth-order valence-electron chi connectivity index (χ4n) is 4.48. The molecule has 0 radical (unpaired) electrons. The molecule has 10 nitrogen and oxygen atoms in total. The maximum atomic E-state index is 13.7. The number of phenols is 1. The van der Waals surface area contributed by atoms with Crippen molar-refractivity contribution in [1.82, 2.24) is 10.6 Å². The number of furan rings is 1. The predicted molar refractivity (Wildman–Crippen MR) is 159 cm³/mol. The summed E-state index contributed by atoms with van der Waals surface area (Å²) in [7, 11) is 0. The molecule has 0 saturated heterocycles. The Morgan fingerprint density at radius 3 is 2.00 bits per heavy atom. The monoisotopic (exact) mass is 584 g/mol. The van der Waals surface area contributed by atoms with Crippen molar-refractivity contribution in [2.45, 2.75) is 78.0 Å². The molecule has 1 aliphatic rings. The lowest BCUT2D eigenvalue weighted by atomic mass is 9.84. The molecule has 0 spiro atoms. The molecule has 1 aromatic heterocycles. The number of allylic oxidation sites excluding steroid dienone is 2. The molecule has 0 amide bonds. The average molecular weight is 585 g/mol.